The van der Waals surface area contributed by atoms with E-state index in [9.17, 15) is 9.59 Å². The largest absolute Gasteiger partial charge is 0.342 e. The number of carbonyl (C=O) groups is 2. The standard InChI is InChI=1S/C12H15N3O2/c1-10-3-2-4-11(13-10)12(17)15-7-5-14(9-16)6-8-15/h2-4,9H,5-8H2,1H3. The molecule has 2 amide bonds. The Hall–Kier alpha value is -1.91. The summed E-state index contributed by atoms with van der Waals surface area (Å²) in [6, 6.07) is 5.42. The zero-order valence-corrected chi connectivity index (χ0v) is 9.80. The molecule has 0 unspecified atom stereocenters. The van der Waals surface area contributed by atoms with E-state index < -0.39 is 0 Å². The van der Waals surface area contributed by atoms with Crippen molar-refractivity contribution in [1.82, 2.24) is 14.8 Å². The van der Waals surface area contributed by atoms with Gasteiger partial charge in [0.1, 0.15) is 5.69 Å². The fraction of sp³-hybridized carbons (Fsp3) is 0.417. The third-order valence-electron chi connectivity index (χ3n) is 2.86. The van der Waals surface area contributed by atoms with Crippen molar-refractivity contribution in [3.63, 3.8) is 0 Å². The Balaban J connectivity index is 2.04. The van der Waals surface area contributed by atoms with Crippen LogP contribution < -0.4 is 0 Å². The van der Waals surface area contributed by atoms with Crippen LogP contribution in [0.2, 0.25) is 0 Å². The molecule has 5 nitrogen and oxygen atoms in total. The van der Waals surface area contributed by atoms with Gasteiger partial charge in [-0.05, 0) is 19.1 Å². The molecule has 0 atom stereocenters. The summed E-state index contributed by atoms with van der Waals surface area (Å²) < 4.78 is 0. The van der Waals surface area contributed by atoms with Gasteiger partial charge in [0, 0.05) is 31.9 Å². The number of aromatic nitrogens is 1. The minimum absolute atomic E-state index is 0.0563. The summed E-state index contributed by atoms with van der Waals surface area (Å²) >= 11 is 0. The Kier molecular flexibility index (Phi) is 3.37. The lowest BCUT2D eigenvalue weighted by Crippen LogP contribution is -2.48. The summed E-state index contributed by atoms with van der Waals surface area (Å²) in [7, 11) is 0. The first-order valence-electron chi connectivity index (χ1n) is 5.63. The first-order valence-corrected chi connectivity index (χ1v) is 5.63. The Morgan fingerprint density at radius 3 is 2.59 bits per heavy atom. The molecule has 0 bridgehead atoms. The van der Waals surface area contributed by atoms with Crippen molar-refractivity contribution in [2.24, 2.45) is 0 Å². The molecule has 0 saturated carbocycles. The van der Waals surface area contributed by atoms with Gasteiger partial charge in [0.15, 0.2) is 0 Å². The Morgan fingerprint density at radius 1 is 1.29 bits per heavy atom. The van der Waals surface area contributed by atoms with Gasteiger partial charge in [-0.2, -0.15) is 0 Å². The zero-order chi connectivity index (χ0) is 12.3. The minimum Gasteiger partial charge on any atom is -0.342 e. The van der Waals surface area contributed by atoms with E-state index in [-0.39, 0.29) is 5.91 Å². The van der Waals surface area contributed by atoms with Crippen LogP contribution in [0.5, 0.6) is 0 Å². The molecule has 1 aliphatic rings. The molecule has 5 heteroatoms. The molecule has 1 saturated heterocycles. The highest BCUT2D eigenvalue weighted by Crippen LogP contribution is 2.06. The second kappa shape index (κ2) is 4.95. The molecule has 2 heterocycles. The van der Waals surface area contributed by atoms with E-state index in [4.69, 9.17) is 0 Å². The van der Waals surface area contributed by atoms with Crippen molar-refractivity contribution in [2.75, 3.05) is 26.2 Å². The maximum Gasteiger partial charge on any atom is 0.272 e. The van der Waals surface area contributed by atoms with Crippen molar-refractivity contribution in [1.29, 1.82) is 0 Å². The highest BCUT2D eigenvalue weighted by Gasteiger charge is 2.21. The summed E-state index contributed by atoms with van der Waals surface area (Å²) in [6.07, 6.45) is 0.826. The summed E-state index contributed by atoms with van der Waals surface area (Å²) in [5.41, 5.74) is 1.31. The van der Waals surface area contributed by atoms with E-state index in [0.717, 1.165) is 12.1 Å². The van der Waals surface area contributed by atoms with Crippen LogP contribution in [-0.4, -0.2) is 53.3 Å². The van der Waals surface area contributed by atoms with Gasteiger partial charge in [-0.3, -0.25) is 9.59 Å². The molecule has 2 rings (SSSR count). The Morgan fingerprint density at radius 2 is 2.00 bits per heavy atom. The molecule has 0 aliphatic carbocycles. The van der Waals surface area contributed by atoms with E-state index in [1.54, 1.807) is 15.9 Å². The highest BCUT2D eigenvalue weighted by molar-refractivity contribution is 5.92. The topological polar surface area (TPSA) is 53.5 Å². The smallest absolute Gasteiger partial charge is 0.272 e. The van der Waals surface area contributed by atoms with Crippen LogP contribution >= 0.6 is 0 Å². The summed E-state index contributed by atoms with van der Waals surface area (Å²) in [5, 5.41) is 0. The number of rotatable bonds is 2. The first-order chi connectivity index (χ1) is 8.20. The van der Waals surface area contributed by atoms with E-state index in [2.05, 4.69) is 4.98 Å². The third-order valence-corrected chi connectivity index (χ3v) is 2.86. The third kappa shape index (κ3) is 2.61. The summed E-state index contributed by atoms with van der Waals surface area (Å²) in [4.78, 5) is 30.3. The fourth-order valence-corrected chi connectivity index (χ4v) is 1.85. The van der Waals surface area contributed by atoms with Crippen molar-refractivity contribution < 1.29 is 9.59 Å². The Bertz CT molecular complexity index is 426. The number of aryl methyl sites for hydroxylation is 1. The summed E-state index contributed by atoms with van der Waals surface area (Å²) in [5.74, 6) is -0.0563. The molecule has 1 aromatic rings. The molecule has 0 spiro atoms. The molecule has 1 aromatic heterocycles. The predicted octanol–water partition coefficient (Wildman–Crippen LogP) is 0.304. The monoisotopic (exact) mass is 233 g/mol. The molecule has 0 N–H and O–H groups in total. The number of hydrogen-bond acceptors (Lipinski definition) is 3. The Labute approximate surface area is 100 Å². The molecule has 17 heavy (non-hydrogen) atoms. The van der Waals surface area contributed by atoms with Crippen molar-refractivity contribution in [2.45, 2.75) is 6.92 Å². The minimum atomic E-state index is -0.0563. The van der Waals surface area contributed by atoms with Crippen LogP contribution in [0.25, 0.3) is 0 Å². The zero-order valence-electron chi connectivity index (χ0n) is 9.80. The van der Waals surface area contributed by atoms with Gasteiger partial charge in [0.05, 0.1) is 0 Å². The van der Waals surface area contributed by atoms with E-state index in [1.807, 2.05) is 19.1 Å². The number of amides is 2. The lowest BCUT2D eigenvalue weighted by molar-refractivity contribution is -0.119. The van der Waals surface area contributed by atoms with Crippen LogP contribution in [0.1, 0.15) is 16.2 Å². The van der Waals surface area contributed by atoms with Crippen LogP contribution in [0.3, 0.4) is 0 Å². The molecule has 1 aliphatic heterocycles. The van der Waals surface area contributed by atoms with Crippen LogP contribution in [-0.2, 0) is 4.79 Å². The van der Waals surface area contributed by atoms with Crippen LogP contribution in [0.15, 0.2) is 18.2 Å². The molecule has 1 fully saturated rings. The summed E-state index contributed by atoms with van der Waals surface area (Å²) in [6.45, 7) is 4.21. The van der Waals surface area contributed by atoms with Gasteiger partial charge in [-0.15, -0.1) is 0 Å². The predicted molar refractivity (Wildman–Crippen MR) is 62.5 cm³/mol. The average molecular weight is 233 g/mol. The van der Waals surface area contributed by atoms with Crippen LogP contribution in [0.4, 0.5) is 0 Å². The molecule has 90 valence electrons. The van der Waals surface area contributed by atoms with Gasteiger partial charge in [0.25, 0.3) is 5.91 Å². The van der Waals surface area contributed by atoms with Gasteiger partial charge < -0.3 is 9.80 Å². The molecular weight excluding hydrogens is 218 g/mol. The van der Waals surface area contributed by atoms with Crippen molar-refractivity contribution in [3.8, 4) is 0 Å². The number of hydrogen-bond donors (Lipinski definition) is 0. The maximum atomic E-state index is 12.1. The van der Waals surface area contributed by atoms with Crippen molar-refractivity contribution in [3.05, 3.63) is 29.6 Å². The van der Waals surface area contributed by atoms with E-state index in [0.29, 0.717) is 31.9 Å². The van der Waals surface area contributed by atoms with E-state index in [1.165, 1.54) is 0 Å². The van der Waals surface area contributed by atoms with Gasteiger partial charge in [0.2, 0.25) is 6.41 Å². The number of piperazine rings is 1. The lowest BCUT2D eigenvalue weighted by Gasteiger charge is -2.32. The van der Waals surface area contributed by atoms with Gasteiger partial charge >= 0.3 is 0 Å². The van der Waals surface area contributed by atoms with Gasteiger partial charge in [-0.25, -0.2) is 4.98 Å². The second-order valence-electron chi connectivity index (χ2n) is 4.10. The lowest BCUT2D eigenvalue weighted by atomic mass is 10.2. The average Bonchev–Trinajstić information content (AvgIpc) is 2.38. The molecule has 0 radical (unpaired) electrons. The quantitative estimate of drug-likeness (QED) is 0.691. The van der Waals surface area contributed by atoms with E-state index >= 15 is 0 Å². The number of carbonyl (C=O) groups excluding carboxylic acids is 2. The van der Waals surface area contributed by atoms with Crippen molar-refractivity contribution >= 4 is 12.3 Å². The van der Waals surface area contributed by atoms with Gasteiger partial charge in [-0.1, -0.05) is 6.07 Å². The maximum absolute atomic E-state index is 12.1. The highest BCUT2D eigenvalue weighted by atomic mass is 16.2. The number of pyridine rings is 1. The number of nitrogens with zero attached hydrogens (tertiary/aromatic N) is 3. The van der Waals surface area contributed by atoms with Crippen LogP contribution in [0, 0.1) is 6.92 Å². The normalized spacial score (nSPS) is 15.8. The SMILES string of the molecule is Cc1cccc(C(=O)N2CCN(C=O)CC2)n1. The first kappa shape index (κ1) is 11.6. The fourth-order valence-electron chi connectivity index (χ4n) is 1.85. The molecular formula is C12H15N3O2. The second-order valence-corrected chi connectivity index (χ2v) is 4.10. The molecule has 0 aromatic carbocycles.